The highest BCUT2D eigenvalue weighted by atomic mass is 32.2. The lowest BCUT2D eigenvalue weighted by Crippen LogP contribution is -2.36. The second kappa shape index (κ2) is 8.72. The third kappa shape index (κ3) is 4.68. The number of anilines is 1. The van der Waals surface area contributed by atoms with E-state index < -0.39 is 28.4 Å². The number of hydrogen-bond donors (Lipinski definition) is 0. The molecule has 2 aromatic rings. The Bertz CT molecular complexity index is 899. The quantitative estimate of drug-likeness (QED) is 0.637. The minimum Gasteiger partial charge on any atom is -0.494 e. The predicted octanol–water partition coefficient (Wildman–Crippen LogP) is 2.60. The average molecular weight is 397 g/mol. The molecule has 0 unspecified atom stereocenters. The van der Waals surface area contributed by atoms with Gasteiger partial charge in [0.05, 0.1) is 31.4 Å². The Morgan fingerprint density at radius 2 is 1.78 bits per heavy atom. The number of benzene rings is 2. The molecule has 0 heterocycles. The highest BCUT2D eigenvalue weighted by Gasteiger charge is 2.28. The fourth-order valence-corrected chi connectivity index (χ4v) is 3.73. The maximum absolute atomic E-state index is 14.0. The molecule has 0 atom stereocenters. The number of carbonyl (C=O) groups is 1. The first-order chi connectivity index (χ1) is 12.8. The molecule has 0 spiro atoms. The van der Waals surface area contributed by atoms with E-state index >= 15 is 0 Å². The van der Waals surface area contributed by atoms with Crippen molar-refractivity contribution in [1.29, 1.82) is 0 Å². The van der Waals surface area contributed by atoms with Gasteiger partial charge in [-0.15, -0.1) is 0 Å². The highest BCUT2D eigenvalue weighted by molar-refractivity contribution is 7.92. The zero-order valence-corrected chi connectivity index (χ0v) is 16.0. The standard InChI is InChI=1S/C18H20FNO6S/c1-4-26-14-7-5-13(6-8-14)20(12-18(21)25-3)27(22,23)15-9-10-17(24-2)16(19)11-15/h5-11H,4,12H2,1-3H3. The molecule has 0 aromatic heterocycles. The summed E-state index contributed by atoms with van der Waals surface area (Å²) in [6, 6.07) is 9.39. The Kier molecular flexibility index (Phi) is 6.62. The van der Waals surface area contributed by atoms with Crippen molar-refractivity contribution in [2.75, 3.05) is 31.7 Å². The minimum atomic E-state index is -4.24. The van der Waals surface area contributed by atoms with E-state index in [-0.39, 0.29) is 16.3 Å². The monoisotopic (exact) mass is 397 g/mol. The molecule has 0 aliphatic rings. The molecule has 0 amide bonds. The summed E-state index contributed by atoms with van der Waals surface area (Å²) in [7, 11) is -1.81. The van der Waals surface area contributed by atoms with Crippen LogP contribution < -0.4 is 13.8 Å². The molecule has 0 radical (unpaired) electrons. The lowest BCUT2D eigenvalue weighted by Gasteiger charge is -2.23. The van der Waals surface area contributed by atoms with E-state index in [4.69, 9.17) is 9.47 Å². The van der Waals surface area contributed by atoms with Crippen molar-refractivity contribution >= 4 is 21.7 Å². The number of rotatable bonds is 8. The Balaban J connectivity index is 2.48. The molecular weight excluding hydrogens is 377 g/mol. The van der Waals surface area contributed by atoms with Gasteiger partial charge in [-0.05, 0) is 49.4 Å². The number of hydrogen-bond acceptors (Lipinski definition) is 6. The van der Waals surface area contributed by atoms with Gasteiger partial charge >= 0.3 is 5.97 Å². The van der Waals surface area contributed by atoms with E-state index in [0.717, 1.165) is 17.5 Å². The van der Waals surface area contributed by atoms with Crippen LogP contribution in [0.1, 0.15) is 6.92 Å². The number of methoxy groups -OCH3 is 2. The SMILES string of the molecule is CCOc1ccc(N(CC(=O)OC)S(=O)(=O)c2ccc(OC)c(F)c2)cc1. The molecule has 2 rings (SSSR count). The van der Waals surface area contributed by atoms with Gasteiger partial charge in [0.2, 0.25) is 0 Å². The van der Waals surface area contributed by atoms with Crippen molar-refractivity contribution in [2.45, 2.75) is 11.8 Å². The second-order valence-corrected chi connectivity index (χ2v) is 7.17. The smallest absolute Gasteiger partial charge is 0.326 e. The molecule has 2 aromatic carbocycles. The minimum absolute atomic E-state index is 0.0884. The topological polar surface area (TPSA) is 82.1 Å². The normalized spacial score (nSPS) is 11.0. The predicted molar refractivity (Wildman–Crippen MR) is 97.1 cm³/mol. The van der Waals surface area contributed by atoms with Gasteiger partial charge in [0.1, 0.15) is 12.3 Å². The van der Waals surface area contributed by atoms with Crippen molar-refractivity contribution in [3.63, 3.8) is 0 Å². The van der Waals surface area contributed by atoms with E-state index in [2.05, 4.69) is 4.74 Å². The number of sulfonamides is 1. The van der Waals surface area contributed by atoms with Crippen LogP contribution in [0.5, 0.6) is 11.5 Å². The molecule has 0 N–H and O–H groups in total. The highest BCUT2D eigenvalue weighted by Crippen LogP contribution is 2.28. The largest absolute Gasteiger partial charge is 0.494 e. The molecule has 146 valence electrons. The van der Waals surface area contributed by atoms with E-state index in [9.17, 15) is 17.6 Å². The number of nitrogens with zero attached hydrogens (tertiary/aromatic N) is 1. The van der Waals surface area contributed by atoms with Crippen LogP contribution >= 0.6 is 0 Å². The van der Waals surface area contributed by atoms with Crippen molar-refractivity contribution in [1.82, 2.24) is 0 Å². The van der Waals surface area contributed by atoms with Gasteiger partial charge in [-0.3, -0.25) is 9.10 Å². The molecule has 7 nitrogen and oxygen atoms in total. The summed E-state index contributed by atoms with van der Waals surface area (Å²) in [5, 5.41) is 0. The molecule has 0 fully saturated rings. The molecule has 0 bridgehead atoms. The first-order valence-electron chi connectivity index (χ1n) is 7.99. The number of halogens is 1. The van der Waals surface area contributed by atoms with Crippen LogP contribution in [0.15, 0.2) is 47.4 Å². The first kappa shape index (κ1) is 20.5. The summed E-state index contributed by atoms with van der Waals surface area (Å²) in [5.41, 5.74) is 0.208. The summed E-state index contributed by atoms with van der Waals surface area (Å²) in [6.07, 6.45) is 0. The average Bonchev–Trinajstić information content (AvgIpc) is 2.66. The van der Waals surface area contributed by atoms with Gasteiger partial charge in [0, 0.05) is 0 Å². The molecule has 0 aliphatic heterocycles. The summed E-state index contributed by atoms with van der Waals surface area (Å²) in [4.78, 5) is 11.4. The van der Waals surface area contributed by atoms with Crippen LogP contribution in [0, 0.1) is 5.82 Å². The summed E-state index contributed by atoms with van der Waals surface area (Å²) in [6.45, 7) is 1.70. The summed E-state index contributed by atoms with van der Waals surface area (Å²) >= 11 is 0. The van der Waals surface area contributed by atoms with Crippen LogP contribution in [0.2, 0.25) is 0 Å². The Morgan fingerprint density at radius 1 is 1.11 bits per heavy atom. The Morgan fingerprint density at radius 3 is 2.30 bits per heavy atom. The number of esters is 1. The fourth-order valence-electron chi connectivity index (χ4n) is 2.31. The van der Waals surface area contributed by atoms with E-state index in [1.807, 2.05) is 6.92 Å². The van der Waals surface area contributed by atoms with Crippen molar-refractivity contribution in [2.24, 2.45) is 0 Å². The van der Waals surface area contributed by atoms with Crippen molar-refractivity contribution < 1.29 is 31.8 Å². The first-order valence-corrected chi connectivity index (χ1v) is 9.43. The third-order valence-corrected chi connectivity index (χ3v) is 5.42. The molecule has 0 saturated carbocycles. The van der Waals surface area contributed by atoms with Crippen LogP contribution in [0.4, 0.5) is 10.1 Å². The molecule has 0 aliphatic carbocycles. The maximum atomic E-state index is 14.0. The molecular formula is C18H20FNO6S. The molecule has 0 saturated heterocycles. The van der Waals surface area contributed by atoms with Crippen molar-refractivity contribution in [3.05, 3.63) is 48.3 Å². The number of carbonyl (C=O) groups excluding carboxylic acids is 1. The lowest BCUT2D eigenvalue weighted by molar-refractivity contribution is -0.138. The van der Waals surface area contributed by atoms with E-state index in [1.165, 1.54) is 31.4 Å². The van der Waals surface area contributed by atoms with Crippen LogP contribution in [0.25, 0.3) is 0 Å². The van der Waals surface area contributed by atoms with Crippen LogP contribution in [-0.4, -0.2) is 41.8 Å². The van der Waals surface area contributed by atoms with Gasteiger partial charge < -0.3 is 14.2 Å². The Hall–Kier alpha value is -2.81. The van der Waals surface area contributed by atoms with Gasteiger partial charge in [-0.25, -0.2) is 12.8 Å². The zero-order chi connectivity index (χ0) is 20.0. The maximum Gasteiger partial charge on any atom is 0.326 e. The van der Waals surface area contributed by atoms with Gasteiger partial charge in [0.25, 0.3) is 10.0 Å². The number of ether oxygens (including phenoxy) is 3. The van der Waals surface area contributed by atoms with Gasteiger partial charge in [-0.2, -0.15) is 0 Å². The molecule has 9 heteroatoms. The molecule has 27 heavy (non-hydrogen) atoms. The van der Waals surface area contributed by atoms with Crippen LogP contribution in [0.3, 0.4) is 0 Å². The second-order valence-electron chi connectivity index (χ2n) is 5.31. The summed E-state index contributed by atoms with van der Waals surface area (Å²) < 4.78 is 55.6. The van der Waals surface area contributed by atoms with E-state index in [1.54, 1.807) is 12.1 Å². The van der Waals surface area contributed by atoms with Gasteiger partial charge in [-0.1, -0.05) is 0 Å². The third-order valence-electron chi connectivity index (χ3n) is 3.65. The van der Waals surface area contributed by atoms with Gasteiger partial charge in [0.15, 0.2) is 11.6 Å². The fraction of sp³-hybridized carbons (Fsp3) is 0.278. The Labute approximate surface area is 157 Å². The van der Waals surface area contributed by atoms with Crippen molar-refractivity contribution in [3.8, 4) is 11.5 Å². The zero-order valence-electron chi connectivity index (χ0n) is 15.1. The lowest BCUT2D eigenvalue weighted by atomic mass is 10.3. The van der Waals surface area contributed by atoms with Crippen LogP contribution in [-0.2, 0) is 19.6 Å². The summed E-state index contributed by atoms with van der Waals surface area (Å²) in [5.74, 6) is -1.13. The van der Waals surface area contributed by atoms with E-state index in [0.29, 0.717) is 12.4 Å².